The van der Waals surface area contributed by atoms with Crippen LogP contribution in [0.3, 0.4) is 0 Å². The van der Waals surface area contributed by atoms with Crippen molar-refractivity contribution < 1.29 is 19.5 Å². The van der Waals surface area contributed by atoms with Gasteiger partial charge in [0.05, 0.1) is 16.5 Å². The van der Waals surface area contributed by atoms with E-state index in [0.717, 1.165) is 6.92 Å². The van der Waals surface area contributed by atoms with E-state index in [1.165, 1.54) is 6.07 Å². The quantitative estimate of drug-likeness (QED) is 0.633. The van der Waals surface area contributed by atoms with Crippen molar-refractivity contribution >= 4 is 45.9 Å². The third kappa shape index (κ3) is 5.04. The van der Waals surface area contributed by atoms with Crippen molar-refractivity contribution in [3.8, 4) is 0 Å². The molecule has 0 saturated heterocycles. The fourth-order valence-electron chi connectivity index (χ4n) is 2.83. The number of benzene rings is 1. The lowest BCUT2D eigenvalue weighted by Gasteiger charge is -2.26. The maximum Gasteiger partial charge on any atom is 0.303 e. The van der Waals surface area contributed by atoms with E-state index in [1.807, 2.05) is 0 Å². The fourth-order valence-corrected chi connectivity index (χ4v) is 3.00. The number of rotatable bonds is 9. The van der Waals surface area contributed by atoms with E-state index >= 15 is 0 Å². The van der Waals surface area contributed by atoms with Gasteiger partial charge < -0.3 is 14.6 Å². The first-order valence-corrected chi connectivity index (χ1v) is 8.83. The third-order valence-corrected chi connectivity index (χ3v) is 4.18. The zero-order valence-electron chi connectivity index (χ0n) is 22.1. The lowest BCUT2D eigenvalue weighted by molar-refractivity contribution is -0.137. The zero-order valence-corrected chi connectivity index (χ0v) is 16.6. The molecule has 0 amide bonds. The monoisotopic (exact) mass is 406 g/mol. The van der Waals surface area contributed by atoms with Gasteiger partial charge in [-0.2, -0.15) is 0 Å². The summed E-state index contributed by atoms with van der Waals surface area (Å²) in [7, 11) is 1.75. The molecule has 0 aliphatic heterocycles. The summed E-state index contributed by atoms with van der Waals surface area (Å²) in [4.78, 5) is 16.0. The maximum absolute atomic E-state index is 11.0. The molecule has 2 aromatic rings. The van der Waals surface area contributed by atoms with Crippen molar-refractivity contribution in [1.29, 1.82) is 0 Å². The van der Waals surface area contributed by atoms with Crippen LogP contribution in [0.25, 0.3) is 11.0 Å². The Kier molecular flexibility index (Phi) is 4.42. The van der Waals surface area contributed by atoms with Gasteiger partial charge in [0.15, 0.2) is 0 Å². The number of carboxylic acids is 1. The number of nitrogens with zero attached hydrogens (tertiary/aromatic N) is 3. The molecule has 0 aliphatic carbocycles. The number of halogens is 2. The molecule has 1 N–H and O–H groups in total. The predicted octanol–water partition coefficient (Wildman–Crippen LogP) is 4.21. The van der Waals surface area contributed by atoms with Crippen LogP contribution >= 0.6 is 23.2 Å². The summed E-state index contributed by atoms with van der Waals surface area (Å²) in [5.41, 5.74) is 1.32. The number of hydrogen-bond acceptors (Lipinski definition) is 3. The molecule has 5 nitrogen and oxygen atoms in total. The normalized spacial score (nSPS) is 20.6. The van der Waals surface area contributed by atoms with E-state index in [-0.39, 0.29) is 18.0 Å². The molecule has 26 heavy (non-hydrogen) atoms. The maximum atomic E-state index is 11.0. The van der Waals surface area contributed by atoms with E-state index in [9.17, 15) is 4.79 Å². The predicted molar refractivity (Wildman–Crippen MR) is 109 cm³/mol. The zero-order chi connectivity index (χ0) is 25.7. The number of aliphatic carboxylic acids is 1. The van der Waals surface area contributed by atoms with Crippen molar-refractivity contribution in [2.24, 2.45) is 13.0 Å². The molecule has 144 valence electrons. The smallest absolute Gasteiger partial charge is 0.303 e. The van der Waals surface area contributed by atoms with Crippen molar-refractivity contribution in [3.63, 3.8) is 0 Å². The topological polar surface area (TPSA) is 58.4 Å². The van der Waals surface area contributed by atoms with Crippen LogP contribution in [-0.2, 0) is 18.3 Å². The van der Waals surface area contributed by atoms with Crippen molar-refractivity contribution in [3.05, 3.63) is 23.5 Å². The van der Waals surface area contributed by atoms with Crippen LogP contribution in [-0.4, -0.2) is 44.8 Å². The van der Waals surface area contributed by atoms with Gasteiger partial charge in [0.2, 0.25) is 0 Å². The number of carboxylic acid groups (broad SMARTS) is 1. The SMILES string of the molecule is [2H]C([2H])(Cl)C([2H])([2H])N(c1cc2nc(CC(C)CC(=O)O)n(C)c2cc1C)C([2H])([2H])C([2H])(C)Cl. The van der Waals surface area contributed by atoms with E-state index in [1.54, 1.807) is 31.5 Å². The number of aromatic nitrogens is 2. The van der Waals surface area contributed by atoms with Gasteiger partial charge in [0, 0.05) is 53.9 Å². The van der Waals surface area contributed by atoms with E-state index < -0.39 is 30.1 Å². The summed E-state index contributed by atoms with van der Waals surface area (Å²) in [6.07, 6.45) is 0.332. The van der Waals surface area contributed by atoms with Crippen LogP contribution in [0.5, 0.6) is 0 Å². The minimum Gasteiger partial charge on any atom is -0.481 e. The molecule has 0 radical (unpaired) electrons. The van der Waals surface area contributed by atoms with Crippen molar-refractivity contribution in [2.75, 3.05) is 23.7 Å². The number of imidazole rings is 1. The number of aryl methyl sites for hydroxylation is 2. The van der Waals surface area contributed by atoms with Crippen molar-refractivity contribution in [2.45, 2.75) is 39.0 Å². The second kappa shape index (κ2) is 8.96. The average Bonchev–Trinajstić information content (AvgIpc) is 2.87. The first kappa shape index (κ1) is 12.8. The highest BCUT2D eigenvalue weighted by Gasteiger charge is 2.17. The molecule has 0 spiro atoms. The molecule has 0 aliphatic rings. The van der Waals surface area contributed by atoms with Gasteiger partial charge in [-0.05, 0) is 37.5 Å². The summed E-state index contributed by atoms with van der Waals surface area (Å²) in [6.45, 7) is -1.59. The first-order chi connectivity index (χ1) is 14.7. The summed E-state index contributed by atoms with van der Waals surface area (Å²) in [5.74, 6) is -3.56. The Bertz CT molecular complexity index is 1020. The molecule has 0 bridgehead atoms. The molecule has 1 aromatic heterocycles. The van der Waals surface area contributed by atoms with Gasteiger partial charge >= 0.3 is 5.97 Å². The molecule has 1 heterocycles. The lowest BCUT2D eigenvalue weighted by atomic mass is 10.0. The number of anilines is 1. The Labute approximate surface area is 174 Å². The largest absolute Gasteiger partial charge is 0.481 e. The Balaban J connectivity index is 2.73. The van der Waals surface area contributed by atoms with E-state index in [2.05, 4.69) is 4.98 Å². The number of alkyl halides is 2. The molecular weight excluding hydrogens is 373 g/mol. The second-order valence-electron chi connectivity index (χ2n) is 6.31. The third-order valence-electron chi connectivity index (χ3n) is 4.01. The molecule has 2 unspecified atom stereocenters. The van der Waals surface area contributed by atoms with Gasteiger partial charge in [-0.15, -0.1) is 23.2 Å². The van der Waals surface area contributed by atoms with Crippen LogP contribution < -0.4 is 4.90 Å². The van der Waals surface area contributed by atoms with Crippen LogP contribution in [0.1, 0.15) is 41.3 Å². The number of hydrogen-bond donors (Lipinski definition) is 1. The second-order valence-corrected chi connectivity index (χ2v) is 7.06. The highest BCUT2D eigenvalue weighted by atomic mass is 35.5. The highest BCUT2D eigenvalue weighted by molar-refractivity contribution is 6.20. The van der Waals surface area contributed by atoms with E-state index in [4.69, 9.17) is 37.9 Å². The molecule has 0 saturated carbocycles. The average molecular weight is 407 g/mol. The summed E-state index contributed by atoms with van der Waals surface area (Å²) in [6, 6.07) is 3.04. The highest BCUT2D eigenvalue weighted by Crippen LogP contribution is 2.28. The number of carbonyl (C=O) groups is 1. The van der Waals surface area contributed by atoms with Gasteiger partial charge in [-0.1, -0.05) is 6.92 Å². The Morgan fingerprint density at radius 3 is 2.77 bits per heavy atom. The van der Waals surface area contributed by atoms with Gasteiger partial charge in [0.25, 0.3) is 0 Å². The Morgan fingerprint density at radius 2 is 2.19 bits per heavy atom. The summed E-state index contributed by atoms with van der Waals surface area (Å²) < 4.78 is 59.0. The van der Waals surface area contributed by atoms with Gasteiger partial charge in [-0.25, -0.2) is 4.98 Å². The van der Waals surface area contributed by atoms with Crippen LogP contribution in [0.4, 0.5) is 5.69 Å². The van der Waals surface area contributed by atoms with Crippen LogP contribution in [0.15, 0.2) is 12.1 Å². The molecule has 0 fully saturated rings. The molecular formula is C19H27Cl2N3O2. The molecule has 2 atom stereocenters. The summed E-state index contributed by atoms with van der Waals surface area (Å²) in [5, 5.41) is 6.65. The van der Waals surface area contributed by atoms with Gasteiger partial charge in [0.1, 0.15) is 5.82 Å². The Morgan fingerprint density at radius 1 is 1.50 bits per heavy atom. The molecule has 7 heteroatoms. The first-order valence-electron chi connectivity index (χ1n) is 11.6. The van der Waals surface area contributed by atoms with Crippen LogP contribution in [0, 0.1) is 12.8 Å². The Hall–Kier alpha value is -1.46. The molecule has 2 rings (SSSR count). The van der Waals surface area contributed by atoms with Crippen molar-refractivity contribution in [1.82, 2.24) is 9.55 Å². The van der Waals surface area contributed by atoms with E-state index in [0.29, 0.717) is 33.7 Å². The lowest BCUT2D eigenvalue weighted by Crippen LogP contribution is -2.31. The minimum absolute atomic E-state index is 0.0374. The van der Waals surface area contributed by atoms with Gasteiger partial charge in [-0.3, -0.25) is 4.79 Å². The molecule has 1 aromatic carbocycles. The standard InChI is InChI=1S/C19H27Cl2N3O2/c1-12(8-19(25)26)7-18-22-15-10-16(13(2)9-17(15)23(18)4)24(6-5-20)11-14(3)21/h9-10,12,14H,5-8,11H2,1-4H3,(H,25,26)/i5D2,6D2,11D2,14D. The fraction of sp³-hybridized carbons (Fsp3) is 0.579. The number of fused-ring (bicyclic) bond motifs is 1. The minimum atomic E-state index is -3.11. The van der Waals surface area contributed by atoms with Crippen LogP contribution in [0.2, 0.25) is 0 Å². The summed E-state index contributed by atoms with van der Waals surface area (Å²) >= 11 is 11.7.